The summed E-state index contributed by atoms with van der Waals surface area (Å²) in [6.07, 6.45) is 1.24. The van der Waals surface area contributed by atoms with Crippen molar-refractivity contribution in [3.05, 3.63) is 75.6 Å². The van der Waals surface area contributed by atoms with Crippen molar-refractivity contribution in [1.29, 1.82) is 0 Å². The topological polar surface area (TPSA) is 110 Å². The number of hydrogen-bond donors (Lipinski definition) is 1. The van der Waals surface area contributed by atoms with Gasteiger partial charge in [-0.2, -0.15) is 0 Å². The minimum absolute atomic E-state index is 0.0395. The number of rotatable bonds is 6. The minimum atomic E-state index is -0.553. The lowest BCUT2D eigenvalue weighted by atomic mass is 10.1. The van der Waals surface area contributed by atoms with Gasteiger partial charge in [0.05, 0.1) is 23.3 Å². The van der Waals surface area contributed by atoms with E-state index in [9.17, 15) is 14.9 Å². The van der Waals surface area contributed by atoms with Crippen LogP contribution in [0.5, 0.6) is 0 Å². The number of para-hydroxylation sites is 1. The van der Waals surface area contributed by atoms with Gasteiger partial charge in [-0.1, -0.05) is 18.2 Å². The van der Waals surface area contributed by atoms with E-state index in [0.29, 0.717) is 11.4 Å². The maximum absolute atomic E-state index is 12.1. The summed E-state index contributed by atoms with van der Waals surface area (Å²) in [6, 6.07) is 12.3. The first kappa shape index (κ1) is 20.7. The molecule has 9 nitrogen and oxygen atoms in total. The largest absolute Gasteiger partial charge is 0.465 e. The number of carbonyl (C=O) groups excluding carboxylic acids is 1. The average molecular weight is 407 g/mol. The maximum atomic E-state index is 12.1. The van der Waals surface area contributed by atoms with Crippen molar-refractivity contribution in [3.8, 4) is 0 Å². The number of aromatic nitrogens is 2. The second-order valence-corrected chi connectivity index (χ2v) is 6.64. The van der Waals surface area contributed by atoms with Crippen LogP contribution in [-0.2, 0) is 4.74 Å². The molecule has 1 aromatic heterocycles. The molecule has 0 saturated heterocycles. The van der Waals surface area contributed by atoms with E-state index < -0.39 is 10.9 Å². The molecule has 154 valence electrons. The molecule has 1 heterocycles. The van der Waals surface area contributed by atoms with Gasteiger partial charge in [0, 0.05) is 12.7 Å². The summed E-state index contributed by atoms with van der Waals surface area (Å²) in [4.78, 5) is 33.2. The first-order valence-corrected chi connectivity index (χ1v) is 9.08. The third-order valence-corrected chi connectivity index (χ3v) is 4.74. The van der Waals surface area contributed by atoms with E-state index in [1.54, 1.807) is 31.3 Å². The van der Waals surface area contributed by atoms with E-state index >= 15 is 0 Å². The normalized spacial score (nSPS) is 10.4. The SMILES string of the molecule is COC(=O)c1ccccc1N(C)c1ncnc(Nc2ccc(C)c(C)c2)c1[N+](=O)[O-]. The lowest BCUT2D eigenvalue weighted by Gasteiger charge is -2.21. The van der Waals surface area contributed by atoms with Gasteiger partial charge >= 0.3 is 11.7 Å². The maximum Gasteiger partial charge on any atom is 0.354 e. The molecule has 0 atom stereocenters. The van der Waals surface area contributed by atoms with Crippen molar-refractivity contribution in [2.75, 3.05) is 24.4 Å². The van der Waals surface area contributed by atoms with Crippen LogP contribution in [0.25, 0.3) is 0 Å². The van der Waals surface area contributed by atoms with Crippen LogP contribution in [0.3, 0.4) is 0 Å². The number of nitro groups is 1. The number of carbonyl (C=O) groups is 1. The minimum Gasteiger partial charge on any atom is -0.465 e. The van der Waals surface area contributed by atoms with Crippen LogP contribution in [-0.4, -0.2) is 35.0 Å². The zero-order chi connectivity index (χ0) is 21.8. The molecule has 0 aliphatic rings. The predicted molar refractivity (Wildman–Crippen MR) is 114 cm³/mol. The summed E-state index contributed by atoms with van der Waals surface area (Å²) in [5, 5.41) is 14.9. The molecule has 0 bridgehead atoms. The molecule has 0 unspecified atom stereocenters. The molecule has 0 radical (unpaired) electrons. The van der Waals surface area contributed by atoms with Gasteiger partial charge in [0.1, 0.15) is 6.33 Å². The Labute approximate surface area is 173 Å². The molecule has 30 heavy (non-hydrogen) atoms. The Morgan fingerprint density at radius 2 is 1.87 bits per heavy atom. The molecular weight excluding hydrogens is 386 g/mol. The van der Waals surface area contributed by atoms with E-state index in [0.717, 1.165) is 11.1 Å². The Hall–Kier alpha value is -4.01. The highest BCUT2D eigenvalue weighted by Crippen LogP contribution is 2.37. The third-order valence-electron chi connectivity index (χ3n) is 4.74. The van der Waals surface area contributed by atoms with Gasteiger partial charge in [0.2, 0.25) is 11.6 Å². The summed E-state index contributed by atoms with van der Waals surface area (Å²) in [5.74, 6) is -0.462. The van der Waals surface area contributed by atoms with Gasteiger partial charge in [-0.05, 0) is 49.2 Å². The number of esters is 1. The Balaban J connectivity index is 2.08. The van der Waals surface area contributed by atoms with Crippen molar-refractivity contribution in [1.82, 2.24) is 9.97 Å². The number of nitrogens with one attached hydrogen (secondary N) is 1. The number of anilines is 4. The monoisotopic (exact) mass is 407 g/mol. The molecular formula is C21H21N5O4. The molecule has 0 aliphatic carbocycles. The number of aryl methyl sites for hydroxylation is 2. The van der Waals surface area contributed by atoms with Crippen LogP contribution in [0, 0.1) is 24.0 Å². The van der Waals surface area contributed by atoms with Gasteiger partial charge in [-0.25, -0.2) is 14.8 Å². The zero-order valence-electron chi connectivity index (χ0n) is 17.0. The Bertz CT molecular complexity index is 1120. The van der Waals surface area contributed by atoms with Crippen LogP contribution in [0.1, 0.15) is 21.5 Å². The van der Waals surface area contributed by atoms with Gasteiger partial charge in [0.25, 0.3) is 0 Å². The predicted octanol–water partition coefficient (Wildman–Crippen LogP) is 4.30. The Morgan fingerprint density at radius 1 is 1.13 bits per heavy atom. The highest BCUT2D eigenvalue weighted by Gasteiger charge is 2.28. The first-order chi connectivity index (χ1) is 14.3. The van der Waals surface area contributed by atoms with Crippen molar-refractivity contribution in [3.63, 3.8) is 0 Å². The van der Waals surface area contributed by atoms with E-state index in [4.69, 9.17) is 4.74 Å². The molecule has 0 aliphatic heterocycles. The standard InChI is InChI=1S/C21H21N5O4/c1-13-9-10-15(11-14(13)2)24-19-18(26(28)29)20(23-12-22-19)25(3)17-8-6-5-7-16(17)21(27)30-4/h5-12H,1-4H3,(H,22,23,24). The highest BCUT2D eigenvalue weighted by molar-refractivity contribution is 5.97. The molecule has 0 fully saturated rings. The van der Waals surface area contributed by atoms with Crippen LogP contribution >= 0.6 is 0 Å². The molecule has 0 spiro atoms. The second-order valence-electron chi connectivity index (χ2n) is 6.64. The number of nitrogens with zero attached hydrogens (tertiary/aromatic N) is 4. The van der Waals surface area contributed by atoms with Gasteiger partial charge in [0.15, 0.2) is 0 Å². The highest BCUT2D eigenvalue weighted by atomic mass is 16.6. The van der Waals surface area contributed by atoms with E-state index in [2.05, 4.69) is 15.3 Å². The third kappa shape index (κ3) is 4.04. The van der Waals surface area contributed by atoms with Crippen LogP contribution in [0.15, 0.2) is 48.8 Å². The number of ether oxygens (including phenoxy) is 1. The molecule has 1 N–H and O–H groups in total. The fourth-order valence-corrected chi connectivity index (χ4v) is 2.99. The summed E-state index contributed by atoms with van der Waals surface area (Å²) < 4.78 is 4.82. The van der Waals surface area contributed by atoms with Crippen molar-refractivity contribution >= 4 is 34.7 Å². The summed E-state index contributed by atoms with van der Waals surface area (Å²) in [6.45, 7) is 3.94. The molecule has 0 saturated carbocycles. The molecule has 9 heteroatoms. The van der Waals surface area contributed by atoms with E-state index in [1.165, 1.54) is 18.3 Å². The van der Waals surface area contributed by atoms with E-state index in [-0.39, 0.29) is 22.9 Å². The van der Waals surface area contributed by atoms with Crippen molar-refractivity contribution in [2.24, 2.45) is 0 Å². The van der Waals surface area contributed by atoms with Gasteiger partial charge < -0.3 is 15.0 Å². The quantitative estimate of drug-likeness (QED) is 0.366. The molecule has 3 rings (SSSR count). The van der Waals surface area contributed by atoms with E-state index in [1.807, 2.05) is 32.0 Å². The number of benzene rings is 2. The number of methoxy groups -OCH3 is 1. The van der Waals surface area contributed by atoms with Gasteiger partial charge in [-0.15, -0.1) is 0 Å². The Kier molecular flexibility index (Phi) is 5.91. The Morgan fingerprint density at radius 3 is 2.53 bits per heavy atom. The van der Waals surface area contributed by atoms with Crippen LogP contribution < -0.4 is 10.2 Å². The summed E-state index contributed by atoms with van der Waals surface area (Å²) in [7, 11) is 2.87. The lowest BCUT2D eigenvalue weighted by Crippen LogP contribution is -2.18. The fourth-order valence-electron chi connectivity index (χ4n) is 2.99. The molecule has 2 aromatic carbocycles. The smallest absolute Gasteiger partial charge is 0.354 e. The van der Waals surface area contributed by atoms with Crippen LogP contribution in [0.4, 0.5) is 28.7 Å². The van der Waals surface area contributed by atoms with Crippen molar-refractivity contribution in [2.45, 2.75) is 13.8 Å². The molecule has 0 amide bonds. The summed E-state index contributed by atoms with van der Waals surface area (Å²) >= 11 is 0. The average Bonchev–Trinajstić information content (AvgIpc) is 2.75. The zero-order valence-corrected chi connectivity index (χ0v) is 17.0. The van der Waals surface area contributed by atoms with Crippen LogP contribution in [0.2, 0.25) is 0 Å². The number of hydrogen-bond acceptors (Lipinski definition) is 8. The lowest BCUT2D eigenvalue weighted by molar-refractivity contribution is -0.383. The molecule has 3 aromatic rings. The first-order valence-electron chi connectivity index (χ1n) is 9.08. The fraction of sp³-hybridized carbons (Fsp3) is 0.190. The van der Waals surface area contributed by atoms with Gasteiger partial charge in [-0.3, -0.25) is 10.1 Å². The summed E-state index contributed by atoms with van der Waals surface area (Å²) in [5.41, 5.74) is 3.20. The van der Waals surface area contributed by atoms with Crippen molar-refractivity contribution < 1.29 is 14.5 Å². The second kappa shape index (κ2) is 8.56.